The zero-order valence-corrected chi connectivity index (χ0v) is 12.6. The lowest BCUT2D eigenvalue weighted by Crippen LogP contribution is -2.46. The second-order valence-corrected chi connectivity index (χ2v) is 5.87. The Bertz CT molecular complexity index is 411. The van der Waals surface area contributed by atoms with E-state index in [1.807, 2.05) is 0 Å². The molecule has 0 aromatic heterocycles. The smallest absolute Gasteiger partial charge is 0.0648 e. The molecule has 1 aliphatic heterocycles. The van der Waals surface area contributed by atoms with Gasteiger partial charge in [-0.2, -0.15) is 0 Å². The summed E-state index contributed by atoms with van der Waals surface area (Å²) in [6, 6.07) is 7.00. The van der Waals surface area contributed by atoms with Gasteiger partial charge in [0.05, 0.1) is 12.6 Å². The summed E-state index contributed by atoms with van der Waals surface area (Å²) >= 11 is 3.54. The van der Waals surface area contributed by atoms with E-state index in [-0.39, 0.29) is 12.6 Å². The topological polar surface area (TPSA) is 35.5 Å². The van der Waals surface area contributed by atoms with Crippen molar-refractivity contribution in [1.29, 1.82) is 0 Å². The predicted octanol–water partition coefficient (Wildman–Crippen LogP) is 2.31. The number of hydrogen-bond donors (Lipinski definition) is 2. The molecule has 1 aromatic carbocycles. The average Bonchev–Trinajstić information content (AvgIpc) is 2.54. The van der Waals surface area contributed by atoms with Crippen LogP contribution in [0.4, 0.5) is 5.69 Å². The second kappa shape index (κ2) is 6.04. The third-order valence-electron chi connectivity index (χ3n) is 3.64. The van der Waals surface area contributed by atoms with Gasteiger partial charge in [0.1, 0.15) is 0 Å². The maximum Gasteiger partial charge on any atom is 0.0648 e. The number of rotatable bonds is 2. The van der Waals surface area contributed by atoms with E-state index in [0.717, 1.165) is 24.0 Å². The molecule has 18 heavy (non-hydrogen) atoms. The van der Waals surface area contributed by atoms with E-state index in [1.54, 1.807) is 0 Å². The Morgan fingerprint density at radius 3 is 2.94 bits per heavy atom. The summed E-state index contributed by atoms with van der Waals surface area (Å²) in [5.41, 5.74) is 2.43. The molecule has 0 radical (unpaired) electrons. The first-order valence-electron chi connectivity index (χ1n) is 6.49. The van der Waals surface area contributed by atoms with Crippen molar-refractivity contribution in [2.24, 2.45) is 0 Å². The number of aryl methyl sites for hydroxylation is 1. The standard InChI is InChI=1S/C14H21BrN2O/c1-10-7-12(3-4-14(10)15)17-11(2)5-6-16-8-13(17)9-18/h3-4,7,11,13,16,18H,5-6,8-9H2,1-2H3. The zero-order chi connectivity index (χ0) is 13.1. The van der Waals surface area contributed by atoms with Crippen molar-refractivity contribution in [2.45, 2.75) is 32.4 Å². The third-order valence-corrected chi connectivity index (χ3v) is 4.53. The van der Waals surface area contributed by atoms with Crippen molar-refractivity contribution in [1.82, 2.24) is 5.32 Å². The van der Waals surface area contributed by atoms with E-state index in [9.17, 15) is 5.11 Å². The maximum atomic E-state index is 9.60. The summed E-state index contributed by atoms with van der Waals surface area (Å²) in [5.74, 6) is 0. The molecule has 1 saturated heterocycles. The van der Waals surface area contributed by atoms with Crippen LogP contribution in [0.2, 0.25) is 0 Å². The van der Waals surface area contributed by atoms with E-state index in [1.165, 1.54) is 11.3 Å². The van der Waals surface area contributed by atoms with Crippen molar-refractivity contribution in [3.63, 3.8) is 0 Å². The average molecular weight is 313 g/mol. The van der Waals surface area contributed by atoms with Crippen molar-refractivity contribution < 1.29 is 5.11 Å². The normalized spacial score (nSPS) is 25.0. The largest absolute Gasteiger partial charge is 0.394 e. The highest BCUT2D eigenvalue weighted by Gasteiger charge is 2.25. The van der Waals surface area contributed by atoms with Crippen molar-refractivity contribution in [3.05, 3.63) is 28.2 Å². The minimum atomic E-state index is 0.156. The van der Waals surface area contributed by atoms with Gasteiger partial charge < -0.3 is 15.3 Å². The minimum absolute atomic E-state index is 0.156. The Morgan fingerprint density at radius 2 is 2.28 bits per heavy atom. The molecule has 0 bridgehead atoms. The van der Waals surface area contributed by atoms with Crippen LogP contribution in [-0.2, 0) is 0 Å². The molecule has 0 spiro atoms. The molecule has 2 atom stereocenters. The van der Waals surface area contributed by atoms with Gasteiger partial charge in [0.2, 0.25) is 0 Å². The Hall–Kier alpha value is -0.580. The van der Waals surface area contributed by atoms with Crippen molar-refractivity contribution in [3.8, 4) is 0 Å². The molecule has 2 N–H and O–H groups in total. The molecule has 0 amide bonds. The van der Waals surface area contributed by atoms with Crippen LogP contribution < -0.4 is 10.2 Å². The highest BCUT2D eigenvalue weighted by Crippen LogP contribution is 2.27. The van der Waals surface area contributed by atoms with Crippen LogP contribution in [0.25, 0.3) is 0 Å². The number of aliphatic hydroxyl groups excluding tert-OH is 1. The first kappa shape index (κ1) is 13.8. The number of hydrogen-bond acceptors (Lipinski definition) is 3. The van der Waals surface area contributed by atoms with E-state index >= 15 is 0 Å². The lowest BCUT2D eigenvalue weighted by atomic mass is 10.1. The second-order valence-electron chi connectivity index (χ2n) is 5.02. The number of aliphatic hydroxyl groups is 1. The summed E-state index contributed by atoms with van der Waals surface area (Å²) < 4.78 is 1.13. The van der Waals surface area contributed by atoms with Crippen LogP contribution in [0.5, 0.6) is 0 Å². The summed E-state index contributed by atoms with van der Waals surface area (Å²) in [7, 11) is 0. The number of nitrogens with zero attached hydrogens (tertiary/aromatic N) is 1. The molecule has 1 heterocycles. The van der Waals surface area contributed by atoms with Gasteiger partial charge in [-0.15, -0.1) is 0 Å². The van der Waals surface area contributed by atoms with Crippen LogP contribution in [0.3, 0.4) is 0 Å². The molecule has 2 unspecified atom stereocenters. The van der Waals surface area contributed by atoms with Crippen LogP contribution in [0.1, 0.15) is 18.9 Å². The van der Waals surface area contributed by atoms with Crippen LogP contribution in [0.15, 0.2) is 22.7 Å². The van der Waals surface area contributed by atoms with E-state index in [0.29, 0.717) is 6.04 Å². The van der Waals surface area contributed by atoms with Crippen molar-refractivity contribution >= 4 is 21.6 Å². The monoisotopic (exact) mass is 312 g/mol. The Balaban J connectivity index is 2.33. The van der Waals surface area contributed by atoms with E-state index in [4.69, 9.17) is 0 Å². The molecule has 1 aliphatic rings. The van der Waals surface area contributed by atoms with Crippen LogP contribution in [0, 0.1) is 6.92 Å². The first-order chi connectivity index (χ1) is 8.63. The molecular weight excluding hydrogens is 292 g/mol. The van der Waals surface area contributed by atoms with Gasteiger partial charge in [-0.25, -0.2) is 0 Å². The van der Waals surface area contributed by atoms with Gasteiger partial charge in [-0.05, 0) is 50.6 Å². The van der Waals surface area contributed by atoms with Gasteiger partial charge in [0.25, 0.3) is 0 Å². The van der Waals surface area contributed by atoms with E-state index in [2.05, 4.69) is 58.2 Å². The lowest BCUT2D eigenvalue weighted by Gasteiger charge is -2.35. The summed E-state index contributed by atoms with van der Waals surface area (Å²) in [4.78, 5) is 2.35. The fourth-order valence-electron chi connectivity index (χ4n) is 2.58. The van der Waals surface area contributed by atoms with Gasteiger partial charge in [-0.3, -0.25) is 0 Å². The van der Waals surface area contributed by atoms with Crippen LogP contribution >= 0.6 is 15.9 Å². The van der Waals surface area contributed by atoms with Gasteiger partial charge >= 0.3 is 0 Å². The predicted molar refractivity (Wildman–Crippen MR) is 79.2 cm³/mol. The van der Waals surface area contributed by atoms with Crippen molar-refractivity contribution in [2.75, 3.05) is 24.6 Å². The summed E-state index contributed by atoms with van der Waals surface area (Å²) in [5, 5.41) is 13.0. The van der Waals surface area contributed by atoms with Crippen LogP contribution in [-0.4, -0.2) is 36.9 Å². The fraction of sp³-hybridized carbons (Fsp3) is 0.571. The van der Waals surface area contributed by atoms with Gasteiger partial charge in [-0.1, -0.05) is 15.9 Å². The number of nitrogens with one attached hydrogen (secondary N) is 1. The van der Waals surface area contributed by atoms with E-state index < -0.39 is 0 Å². The van der Waals surface area contributed by atoms with Gasteiger partial charge in [0, 0.05) is 22.7 Å². The summed E-state index contributed by atoms with van der Waals surface area (Å²) in [6.45, 7) is 6.38. The fourth-order valence-corrected chi connectivity index (χ4v) is 2.83. The first-order valence-corrected chi connectivity index (χ1v) is 7.29. The summed E-state index contributed by atoms with van der Waals surface area (Å²) in [6.07, 6.45) is 1.10. The molecule has 1 aromatic rings. The maximum absolute atomic E-state index is 9.60. The zero-order valence-electron chi connectivity index (χ0n) is 11.0. The number of halogens is 1. The highest BCUT2D eigenvalue weighted by atomic mass is 79.9. The minimum Gasteiger partial charge on any atom is -0.394 e. The third kappa shape index (κ3) is 2.87. The number of benzene rings is 1. The molecule has 4 heteroatoms. The Morgan fingerprint density at radius 1 is 1.50 bits per heavy atom. The molecule has 0 aliphatic carbocycles. The molecule has 100 valence electrons. The highest BCUT2D eigenvalue weighted by molar-refractivity contribution is 9.10. The Labute approximate surface area is 117 Å². The Kier molecular flexibility index (Phi) is 4.65. The quantitative estimate of drug-likeness (QED) is 0.879. The molecular formula is C14H21BrN2O. The lowest BCUT2D eigenvalue weighted by molar-refractivity contribution is 0.255. The number of anilines is 1. The molecule has 1 fully saturated rings. The SMILES string of the molecule is Cc1cc(N2C(C)CCNCC2CO)ccc1Br. The molecule has 2 rings (SSSR count). The molecule has 3 nitrogen and oxygen atoms in total. The molecule has 0 saturated carbocycles. The van der Waals surface area contributed by atoms with Gasteiger partial charge in [0.15, 0.2) is 0 Å².